The van der Waals surface area contributed by atoms with Crippen molar-refractivity contribution < 1.29 is 14.6 Å². The summed E-state index contributed by atoms with van der Waals surface area (Å²) in [6.45, 7) is 8.71. The lowest BCUT2D eigenvalue weighted by molar-refractivity contribution is -0.117. The first-order chi connectivity index (χ1) is 9.08. The number of para-hydroxylation sites is 1. The Balaban J connectivity index is 2.93. The lowest BCUT2D eigenvalue weighted by Crippen LogP contribution is -2.30. The van der Waals surface area contributed by atoms with Crippen molar-refractivity contribution in [3.8, 4) is 5.75 Å². The molecule has 100 valence electrons. The van der Waals surface area contributed by atoms with E-state index in [-0.39, 0.29) is 12.2 Å². The van der Waals surface area contributed by atoms with Crippen molar-refractivity contribution in [2.75, 3.05) is 13.7 Å². The van der Waals surface area contributed by atoms with Crippen molar-refractivity contribution in [2.24, 2.45) is 0 Å². The van der Waals surface area contributed by atoms with Crippen molar-refractivity contribution in [2.45, 2.75) is 13.0 Å². The standard InChI is InChI=1S/C14H16N2O3/c1-10(17)9-16-14(18)12(15-2)8-11-6-4-5-7-13(11)19-3/h4-8,10,17H,9H2,1,3H3,(H,16,18)/b12-8-. The molecular weight excluding hydrogens is 244 g/mol. The number of carbonyl (C=O) groups excluding carboxylic acids is 1. The van der Waals surface area contributed by atoms with Gasteiger partial charge in [-0.15, -0.1) is 0 Å². The molecule has 0 spiro atoms. The van der Waals surface area contributed by atoms with E-state index in [1.807, 2.05) is 0 Å². The number of ether oxygens (including phenoxy) is 1. The van der Waals surface area contributed by atoms with Crippen LogP contribution in [0.25, 0.3) is 10.9 Å². The van der Waals surface area contributed by atoms with Crippen molar-refractivity contribution in [1.82, 2.24) is 5.32 Å². The maximum atomic E-state index is 11.7. The summed E-state index contributed by atoms with van der Waals surface area (Å²) in [4.78, 5) is 14.9. The van der Waals surface area contributed by atoms with E-state index in [1.54, 1.807) is 31.2 Å². The third kappa shape index (κ3) is 4.45. The number of aliphatic hydroxyl groups excluding tert-OH is 1. The SMILES string of the molecule is [C-]#[N+]/C(=C\c1ccccc1OC)C(=O)NCC(C)O. The van der Waals surface area contributed by atoms with Crippen LogP contribution in [0.4, 0.5) is 0 Å². The number of hydrogen-bond donors (Lipinski definition) is 2. The Morgan fingerprint density at radius 3 is 2.84 bits per heavy atom. The van der Waals surface area contributed by atoms with Crippen molar-refractivity contribution in [1.29, 1.82) is 0 Å². The number of nitrogens with zero attached hydrogens (tertiary/aromatic N) is 1. The Bertz CT molecular complexity index is 516. The van der Waals surface area contributed by atoms with Gasteiger partial charge in [0.15, 0.2) is 0 Å². The molecule has 1 atom stereocenters. The molecule has 5 heteroatoms. The molecule has 0 saturated heterocycles. The van der Waals surface area contributed by atoms with Crippen LogP contribution in [-0.4, -0.2) is 30.8 Å². The van der Waals surface area contributed by atoms with Gasteiger partial charge in [-0.2, -0.15) is 0 Å². The lowest BCUT2D eigenvalue weighted by Gasteiger charge is -2.07. The highest BCUT2D eigenvalue weighted by molar-refractivity contribution is 5.99. The fourth-order valence-electron chi connectivity index (χ4n) is 1.41. The zero-order valence-electron chi connectivity index (χ0n) is 10.9. The van der Waals surface area contributed by atoms with Gasteiger partial charge in [0, 0.05) is 12.1 Å². The molecule has 0 heterocycles. The summed E-state index contributed by atoms with van der Waals surface area (Å²) in [6, 6.07) is 7.11. The van der Waals surface area contributed by atoms with Crippen LogP contribution >= 0.6 is 0 Å². The maximum absolute atomic E-state index is 11.7. The van der Waals surface area contributed by atoms with Crippen LogP contribution < -0.4 is 10.1 Å². The highest BCUT2D eigenvalue weighted by Gasteiger charge is 2.11. The second kappa shape index (κ2) is 7.19. The molecule has 0 aromatic heterocycles. The molecule has 0 saturated carbocycles. The maximum Gasteiger partial charge on any atom is 0.250 e. The summed E-state index contributed by atoms with van der Waals surface area (Å²) >= 11 is 0. The van der Waals surface area contributed by atoms with Crippen LogP contribution in [0.5, 0.6) is 5.75 Å². The number of amides is 1. The molecule has 0 radical (unpaired) electrons. The van der Waals surface area contributed by atoms with Crippen molar-refractivity contribution >= 4 is 12.0 Å². The van der Waals surface area contributed by atoms with Crippen LogP contribution in [0.1, 0.15) is 12.5 Å². The van der Waals surface area contributed by atoms with Gasteiger partial charge in [0.1, 0.15) is 5.75 Å². The minimum absolute atomic E-state index is 0.0508. The molecule has 1 aromatic carbocycles. The Kier molecular flexibility index (Phi) is 5.58. The molecule has 0 fully saturated rings. The first-order valence-corrected chi connectivity index (χ1v) is 5.77. The Hall–Kier alpha value is -2.32. The zero-order valence-corrected chi connectivity index (χ0v) is 10.9. The van der Waals surface area contributed by atoms with E-state index in [4.69, 9.17) is 16.4 Å². The predicted molar refractivity (Wildman–Crippen MR) is 72.3 cm³/mol. The van der Waals surface area contributed by atoms with Crippen LogP contribution in [0.3, 0.4) is 0 Å². The Morgan fingerprint density at radius 1 is 1.58 bits per heavy atom. The van der Waals surface area contributed by atoms with Gasteiger partial charge in [-0.3, -0.25) is 4.79 Å². The van der Waals surface area contributed by atoms with E-state index < -0.39 is 12.0 Å². The summed E-state index contributed by atoms with van der Waals surface area (Å²) in [7, 11) is 1.53. The molecule has 0 aliphatic rings. The third-order valence-corrected chi connectivity index (χ3v) is 2.34. The smallest absolute Gasteiger partial charge is 0.250 e. The third-order valence-electron chi connectivity index (χ3n) is 2.34. The van der Waals surface area contributed by atoms with Gasteiger partial charge in [0.2, 0.25) is 5.91 Å². The van der Waals surface area contributed by atoms with E-state index in [2.05, 4.69) is 10.2 Å². The number of nitrogens with one attached hydrogen (secondary N) is 1. The van der Waals surface area contributed by atoms with Gasteiger partial charge < -0.3 is 15.2 Å². The van der Waals surface area contributed by atoms with Gasteiger partial charge in [-0.05, 0) is 19.1 Å². The minimum Gasteiger partial charge on any atom is -0.496 e. The van der Waals surface area contributed by atoms with E-state index in [1.165, 1.54) is 13.2 Å². The minimum atomic E-state index is -0.651. The summed E-state index contributed by atoms with van der Waals surface area (Å²) in [5.41, 5.74) is 0.605. The molecule has 0 aliphatic heterocycles. The first kappa shape index (κ1) is 14.7. The fraction of sp³-hybridized carbons (Fsp3) is 0.286. The monoisotopic (exact) mass is 260 g/mol. The van der Waals surface area contributed by atoms with E-state index in [9.17, 15) is 4.79 Å². The average Bonchev–Trinajstić information content (AvgIpc) is 2.42. The number of hydrogen-bond acceptors (Lipinski definition) is 3. The van der Waals surface area contributed by atoms with Crippen molar-refractivity contribution in [3.05, 3.63) is 46.9 Å². The molecule has 1 amide bonds. The summed E-state index contributed by atoms with van der Waals surface area (Å²) in [5, 5.41) is 11.6. The van der Waals surface area contributed by atoms with Gasteiger partial charge in [0.05, 0.1) is 19.8 Å². The lowest BCUT2D eigenvalue weighted by atomic mass is 10.1. The molecule has 1 aromatic rings. The summed E-state index contributed by atoms with van der Waals surface area (Å²) in [5.74, 6) is 0.0776. The highest BCUT2D eigenvalue weighted by Crippen LogP contribution is 2.20. The van der Waals surface area contributed by atoms with Gasteiger partial charge in [0.25, 0.3) is 5.70 Å². The summed E-state index contributed by atoms with van der Waals surface area (Å²) < 4.78 is 5.15. The number of benzene rings is 1. The molecule has 1 rings (SSSR count). The second-order valence-electron chi connectivity index (χ2n) is 3.94. The largest absolute Gasteiger partial charge is 0.496 e. The van der Waals surface area contributed by atoms with Gasteiger partial charge in [-0.25, -0.2) is 4.85 Å². The van der Waals surface area contributed by atoms with Crippen LogP contribution in [0, 0.1) is 6.57 Å². The van der Waals surface area contributed by atoms with E-state index >= 15 is 0 Å². The average molecular weight is 260 g/mol. The van der Waals surface area contributed by atoms with E-state index in [0.717, 1.165) is 0 Å². The number of carbonyl (C=O) groups is 1. The molecule has 0 bridgehead atoms. The summed E-state index contributed by atoms with van der Waals surface area (Å²) in [6.07, 6.45) is 0.811. The number of rotatable bonds is 5. The molecule has 0 aliphatic carbocycles. The Morgan fingerprint density at radius 2 is 2.26 bits per heavy atom. The molecule has 1 unspecified atom stereocenters. The topological polar surface area (TPSA) is 62.9 Å². The quantitative estimate of drug-likeness (QED) is 0.622. The molecule has 5 nitrogen and oxygen atoms in total. The normalized spacial score (nSPS) is 12.4. The van der Waals surface area contributed by atoms with Crippen LogP contribution in [0.2, 0.25) is 0 Å². The first-order valence-electron chi connectivity index (χ1n) is 5.77. The predicted octanol–water partition coefficient (Wildman–Crippen LogP) is 1.45. The van der Waals surface area contributed by atoms with Gasteiger partial charge >= 0.3 is 0 Å². The number of aliphatic hydroxyl groups is 1. The number of methoxy groups -OCH3 is 1. The fourth-order valence-corrected chi connectivity index (χ4v) is 1.41. The molecular formula is C14H16N2O3. The van der Waals surface area contributed by atoms with Crippen molar-refractivity contribution in [3.63, 3.8) is 0 Å². The van der Waals surface area contributed by atoms with Crippen LogP contribution in [0.15, 0.2) is 30.0 Å². The molecule has 19 heavy (non-hydrogen) atoms. The zero-order chi connectivity index (χ0) is 14.3. The van der Waals surface area contributed by atoms with Gasteiger partial charge in [-0.1, -0.05) is 18.2 Å². The highest BCUT2D eigenvalue weighted by atomic mass is 16.5. The molecule has 2 N–H and O–H groups in total. The van der Waals surface area contributed by atoms with E-state index in [0.29, 0.717) is 11.3 Å². The second-order valence-corrected chi connectivity index (χ2v) is 3.94. The van der Waals surface area contributed by atoms with Crippen LogP contribution in [-0.2, 0) is 4.79 Å². The Labute approximate surface area is 112 Å².